The van der Waals surface area contributed by atoms with Gasteiger partial charge in [-0.1, -0.05) is 25.0 Å². The molecule has 2 aromatic rings. The van der Waals surface area contributed by atoms with Crippen LogP contribution in [0.4, 0.5) is 13.2 Å². The Morgan fingerprint density at radius 2 is 1.90 bits per heavy atom. The molecule has 1 aromatic heterocycles. The van der Waals surface area contributed by atoms with Gasteiger partial charge in [-0.15, -0.1) is 0 Å². The summed E-state index contributed by atoms with van der Waals surface area (Å²) in [5.74, 6) is 0.798. The molecular weight excluding hydrogens is 387 g/mol. The minimum Gasteiger partial charge on any atom is -0.493 e. The van der Waals surface area contributed by atoms with Crippen LogP contribution in [-0.2, 0) is 17.5 Å². The third-order valence-electron chi connectivity index (χ3n) is 5.01. The van der Waals surface area contributed by atoms with Crippen molar-refractivity contribution in [2.75, 3.05) is 20.3 Å². The van der Waals surface area contributed by atoms with Gasteiger partial charge in [-0.3, -0.25) is 9.48 Å². The number of halogens is 3. The highest BCUT2D eigenvalue weighted by Crippen LogP contribution is 2.28. The summed E-state index contributed by atoms with van der Waals surface area (Å²) in [6, 6.07) is 8.05. The van der Waals surface area contributed by atoms with Gasteiger partial charge in [0, 0.05) is 18.8 Å². The van der Waals surface area contributed by atoms with E-state index in [-0.39, 0.29) is 31.6 Å². The van der Waals surface area contributed by atoms with Crippen LogP contribution in [0.2, 0.25) is 0 Å². The van der Waals surface area contributed by atoms with Gasteiger partial charge in [0.1, 0.15) is 0 Å². The number of amides is 1. The van der Waals surface area contributed by atoms with E-state index in [2.05, 4.69) is 5.10 Å². The molecule has 1 aromatic carbocycles. The van der Waals surface area contributed by atoms with Crippen LogP contribution < -0.4 is 9.47 Å². The van der Waals surface area contributed by atoms with Gasteiger partial charge in [0.05, 0.1) is 13.7 Å². The molecule has 0 aliphatic heterocycles. The molecule has 3 rings (SSSR count). The molecular formula is C20H24F3N3O3. The lowest BCUT2D eigenvalue weighted by Crippen LogP contribution is -2.43. The van der Waals surface area contributed by atoms with Crippen LogP contribution in [0.15, 0.2) is 36.5 Å². The molecule has 9 heteroatoms. The van der Waals surface area contributed by atoms with Gasteiger partial charge in [-0.25, -0.2) is 0 Å². The lowest BCUT2D eigenvalue weighted by molar-refractivity contribution is -0.141. The van der Waals surface area contributed by atoms with Crippen LogP contribution in [0.3, 0.4) is 0 Å². The molecule has 29 heavy (non-hydrogen) atoms. The van der Waals surface area contributed by atoms with Crippen molar-refractivity contribution in [1.82, 2.24) is 14.7 Å². The molecule has 1 aliphatic rings. The average molecular weight is 411 g/mol. The number of hydrogen-bond acceptors (Lipinski definition) is 4. The normalized spacial score (nSPS) is 14.8. The Bertz CT molecular complexity index is 817. The number of carbonyl (C=O) groups excluding carboxylic acids is 1. The standard InChI is InChI=1S/C20H24F3N3O3/c1-28-16-8-4-5-9-17(16)29-14-19(27)26(15-6-2-3-7-15)13-12-25-11-10-18(24-25)20(21,22)23/h4-5,8-11,15H,2-3,6-7,12-14H2,1H3. The number of ether oxygens (including phenoxy) is 2. The van der Waals surface area contributed by atoms with Crippen molar-refractivity contribution in [3.05, 3.63) is 42.2 Å². The van der Waals surface area contributed by atoms with Crippen molar-refractivity contribution in [1.29, 1.82) is 0 Å². The third-order valence-corrected chi connectivity index (χ3v) is 5.01. The summed E-state index contributed by atoms with van der Waals surface area (Å²) in [6.07, 6.45) is 0.629. The van der Waals surface area contributed by atoms with Gasteiger partial charge in [0.2, 0.25) is 0 Å². The van der Waals surface area contributed by atoms with E-state index in [1.165, 1.54) is 18.0 Å². The number of aromatic nitrogens is 2. The lowest BCUT2D eigenvalue weighted by Gasteiger charge is -2.29. The number of benzene rings is 1. The number of rotatable bonds is 8. The summed E-state index contributed by atoms with van der Waals surface area (Å²) in [4.78, 5) is 14.5. The van der Waals surface area contributed by atoms with Crippen molar-refractivity contribution in [3.8, 4) is 11.5 Å². The number of alkyl halides is 3. The summed E-state index contributed by atoms with van der Waals surface area (Å²) >= 11 is 0. The van der Waals surface area contributed by atoms with E-state index in [0.29, 0.717) is 11.5 Å². The SMILES string of the molecule is COc1ccccc1OCC(=O)N(CCn1ccc(C(F)(F)F)n1)C1CCCC1. The largest absolute Gasteiger partial charge is 0.493 e. The number of carbonyl (C=O) groups is 1. The fourth-order valence-electron chi connectivity index (χ4n) is 3.53. The maximum atomic E-state index is 12.8. The first-order valence-corrected chi connectivity index (χ1v) is 9.54. The van der Waals surface area contributed by atoms with E-state index >= 15 is 0 Å². The first-order chi connectivity index (χ1) is 13.9. The summed E-state index contributed by atoms with van der Waals surface area (Å²) < 4.78 is 50.3. The Hall–Kier alpha value is -2.71. The number of hydrogen-bond donors (Lipinski definition) is 0. The fraction of sp³-hybridized carbons (Fsp3) is 0.500. The highest BCUT2D eigenvalue weighted by molar-refractivity contribution is 5.78. The van der Waals surface area contributed by atoms with Gasteiger partial charge >= 0.3 is 6.18 Å². The van der Waals surface area contributed by atoms with Crippen molar-refractivity contribution in [3.63, 3.8) is 0 Å². The molecule has 6 nitrogen and oxygen atoms in total. The van der Waals surface area contributed by atoms with Crippen molar-refractivity contribution < 1.29 is 27.4 Å². The number of methoxy groups -OCH3 is 1. The molecule has 1 saturated carbocycles. The summed E-state index contributed by atoms with van der Waals surface area (Å²) in [5.41, 5.74) is -0.934. The van der Waals surface area contributed by atoms with E-state index in [1.54, 1.807) is 29.2 Å². The quantitative estimate of drug-likeness (QED) is 0.664. The Labute approximate surface area is 167 Å². The molecule has 0 saturated heterocycles. The lowest BCUT2D eigenvalue weighted by atomic mass is 10.2. The summed E-state index contributed by atoms with van der Waals surface area (Å²) in [7, 11) is 1.52. The second kappa shape index (κ2) is 9.19. The van der Waals surface area contributed by atoms with E-state index in [0.717, 1.165) is 31.7 Å². The second-order valence-corrected chi connectivity index (χ2v) is 6.93. The molecule has 0 radical (unpaired) electrons. The van der Waals surface area contributed by atoms with Crippen LogP contribution >= 0.6 is 0 Å². The Kier molecular flexibility index (Phi) is 6.66. The van der Waals surface area contributed by atoms with Gasteiger partial charge in [-0.2, -0.15) is 18.3 Å². The molecule has 1 aliphatic carbocycles. The molecule has 0 unspecified atom stereocenters. The van der Waals surface area contributed by atoms with Gasteiger partial charge in [0.15, 0.2) is 23.8 Å². The fourth-order valence-corrected chi connectivity index (χ4v) is 3.53. The van der Waals surface area contributed by atoms with Crippen molar-refractivity contribution >= 4 is 5.91 Å². The highest BCUT2D eigenvalue weighted by Gasteiger charge is 2.33. The smallest absolute Gasteiger partial charge is 0.435 e. The predicted octanol–water partition coefficient (Wildman–Crippen LogP) is 3.76. The molecule has 158 valence electrons. The van der Waals surface area contributed by atoms with E-state index in [9.17, 15) is 18.0 Å². The monoisotopic (exact) mass is 411 g/mol. The number of para-hydroxylation sites is 2. The summed E-state index contributed by atoms with van der Waals surface area (Å²) in [5, 5.41) is 3.56. The molecule has 0 N–H and O–H groups in total. The zero-order chi connectivity index (χ0) is 20.9. The Morgan fingerprint density at radius 3 is 2.52 bits per heavy atom. The van der Waals surface area contributed by atoms with E-state index in [1.807, 2.05) is 0 Å². The van der Waals surface area contributed by atoms with E-state index < -0.39 is 11.9 Å². The van der Waals surface area contributed by atoms with Crippen molar-refractivity contribution in [2.45, 2.75) is 44.4 Å². The molecule has 0 spiro atoms. The maximum absolute atomic E-state index is 12.8. The van der Waals surface area contributed by atoms with Gasteiger partial charge < -0.3 is 14.4 Å². The molecule has 0 bridgehead atoms. The van der Waals surface area contributed by atoms with Crippen LogP contribution in [0, 0.1) is 0 Å². The maximum Gasteiger partial charge on any atom is 0.435 e. The average Bonchev–Trinajstić information content (AvgIpc) is 3.38. The minimum atomic E-state index is -4.48. The Balaban J connectivity index is 1.63. The first-order valence-electron chi connectivity index (χ1n) is 9.54. The number of nitrogens with zero attached hydrogens (tertiary/aromatic N) is 3. The van der Waals surface area contributed by atoms with Crippen LogP contribution in [0.5, 0.6) is 11.5 Å². The van der Waals surface area contributed by atoms with E-state index in [4.69, 9.17) is 9.47 Å². The van der Waals surface area contributed by atoms with Crippen molar-refractivity contribution in [2.24, 2.45) is 0 Å². The Morgan fingerprint density at radius 1 is 1.21 bits per heavy atom. The third kappa shape index (κ3) is 5.42. The van der Waals surface area contributed by atoms with Crippen LogP contribution in [0.25, 0.3) is 0 Å². The van der Waals surface area contributed by atoms with Gasteiger partial charge in [0.25, 0.3) is 5.91 Å². The van der Waals surface area contributed by atoms with Crippen LogP contribution in [0.1, 0.15) is 31.4 Å². The first kappa shape index (κ1) is 21.0. The zero-order valence-corrected chi connectivity index (χ0v) is 16.2. The minimum absolute atomic E-state index is 0.0708. The zero-order valence-electron chi connectivity index (χ0n) is 16.2. The highest BCUT2D eigenvalue weighted by atomic mass is 19.4. The topological polar surface area (TPSA) is 56.6 Å². The molecule has 0 atom stereocenters. The molecule has 1 amide bonds. The summed E-state index contributed by atoms with van der Waals surface area (Å²) in [6.45, 7) is 0.300. The molecule has 1 heterocycles. The molecule has 1 fully saturated rings. The van der Waals surface area contributed by atoms with Crippen LogP contribution in [-0.4, -0.2) is 46.9 Å². The second-order valence-electron chi connectivity index (χ2n) is 6.93. The predicted molar refractivity (Wildman–Crippen MR) is 99.7 cm³/mol. The van der Waals surface area contributed by atoms with Gasteiger partial charge in [-0.05, 0) is 31.0 Å².